The number of amidine groups is 1. The summed E-state index contributed by atoms with van der Waals surface area (Å²) in [7, 11) is 1.56. The molecule has 5 aliphatic rings. The number of rotatable bonds is 6. The van der Waals surface area contributed by atoms with E-state index in [4.69, 9.17) is 15.9 Å². The number of aromatic nitrogens is 2. The fraction of sp³-hybridized carbons (Fsp3) is 0.750. The van der Waals surface area contributed by atoms with Crippen LogP contribution >= 0.6 is 0 Å². The van der Waals surface area contributed by atoms with Crippen molar-refractivity contribution in [3.05, 3.63) is 26.4 Å². The summed E-state index contributed by atoms with van der Waals surface area (Å²) in [6, 6.07) is -0.623. The number of urea groups is 1. The highest BCUT2D eigenvalue weighted by atomic mass is 16.5. The lowest BCUT2D eigenvalue weighted by Gasteiger charge is -2.58. The molecule has 0 aromatic carbocycles. The van der Waals surface area contributed by atoms with Gasteiger partial charge in [0.15, 0.2) is 0 Å². The number of nitrogens with two attached hydrogens (primary N) is 1. The summed E-state index contributed by atoms with van der Waals surface area (Å²) < 4.78 is 7.95. The second-order valence-electron chi connectivity index (χ2n) is 12.9. The van der Waals surface area contributed by atoms with Gasteiger partial charge in [-0.2, -0.15) is 0 Å². The molecule has 5 fully saturated rings. The van der Waals surface area contributed by atoms with Crippen LogP contribution in [-0.2, 0) is 16.1 Å². The molecule has 4 N–H and O–H groups in total. The average Bonchev–Trinajstić information content (AvgIpc) is 3.64. The maximum absolute atomic E-state index is 13.6. The van der Waals surface area contributed by atoms with Crippen molar-refractivity contribution in [1.82, 2.24) is 18.9 Å². The third-order valence-corrected chi connectivity index (χ3v) is 10.5. The summed E-state index contributed by atoms with van der Waals surface area (Å²) in [5, 5.41) is 18.7. The Hall–Kier alpha value is -3.15. The summed E-state index contributed by atoms with van der Waals surface area (Å²) in [5.74, 6) is -0.736. The molecule has 1 aromatic rings. The predicted octanol–water partition coefficient (Wildman–Crippen LogP) is 1.75. The van der Waals surface area contributed by atoms with E-state index >= 15 is 0 Å². The lowest BCUT2D eigenvalue weighted by Crippen LogP contribution is -2.64. The van der Waals surface area contributed by atoms with Crippen molar-refractivity contribution in [3.8, 4) is 5.88 Å². The number of nitrogens with one attached hydrogen (secondary N) is 1. The van der Waals surface area contributed by atoms with Crippen LogP contribution in [0.1, 0.15) is 82.2 Å². The minimum atomic E-state index is -0.813. The first kappa shape index (κ1) is 27.0. The standard InChI is InChI=1S/C28H40N6O6/c1-31-24(37)28(33(25(31)38)13-18-8-11-40-14-18)15-27(16-28)9-6-19(7-10-27)34-23(36)20(21(29)30)22(35)32(26(34)39)12-17-4-2-3-5-17/h17-19,35H,2-16H2,1H3,(H3,29,30)/t18-,19?,27?,28?/m0/s1. The molecule has 0 bridgehead atoms. The lowest BCUT2D eigenvalue weighted by molar-refractivity contribution is -0.150. The number of aromatic hydroxyl groups is 1. The minimum Gasteiger partial charge on any atom is -0.494 e. The van der Waals surface area contributed by atoms with Crippen LogP contribution in [0, 0.1) is 22.7 Å². The topological polar surface area (TPSA) is 164 Å². The Morgan fingerprint density at radius 1 is 1.02 bits per heavy atom. The SMILES string of the molecule is CN1C(=O)N(C[C@@H]2CCOC2)C2(CC3(CCC(n4c(=O)c(C(=N)N)c(O)n(CC5CCCC5)c4=O)CC3)C2)C1=O. The van der Waals surface area contributed by atoms with Gasteiger partial charge in [-0.05, 0) is 69.1 Å². The van der Waals surface area contributed by atoms with Gasteiger partial charge in [-0.3, -0.25) is 29.0 Å². The fourth-order valence-corrected chi connectivity index (χ4v) is 8.31. The molecule has 2 spiro atoms. The van der Waals surface area contributed by atoms with Gasteiger partial charge in [0.2, 0.25) is 5.88 Å². The van der Waals surface area contributed by atoms with Gasteiger partial charge in [0.05, 0.1) is 6.61 Å². The van der Waals surface area contributed by atoms with Crippen molar-refractivity contribution in [3.63, 3.8) is 0 Å². The number of nitrogens with zero attached hydrogens (tertiary/aromatic N) is 4. The van der Waals surface area contributed by atoms with E-state index in [0.717, 1.165) is 44.9 Å². The van der Waals surface area contributed by atoms with Crippen LogP contribution in [0.4, 0.5) is 4.79 Å². The van der Waals surface area contributed by atoms with Crippen LogP contribution in [0.15, 0.2) is 9.59 Å². The van der Waals surface area contributed by atoms with Gasteiger partial charge >= 0.3 is 11.7 Å². The Bertz CT molecular complexity index is 1340. The lowest BCUT2D eigenvalue weighted by atomic mass is 9.51. The molecule has 1 atom stereocenters. The van der Waals surface area contributed by atoms with Crippen molar-refractivity contribution < 1.29 is 19.4 Å². The Balaban J connectivity index is 1.22. The van der Waals surface area contributed by atoms with E-state index in [1.165, 1.54) is 14.0 Å². The second-order valence-corrected chi connectivity index (χ2v) is 12.9. The third-order valence-electron chi connectivity index (χ3n) is 10.5. The Kier molecular flexibility index (Phi) is 6.59. The maximum Gasteiger partial charge on any atom is 0.334 e. The third kappa shape index (κ3) is 4.09. The largest absolute Gasteiger partial charge is 0.494 e. The van der Waals surface area contributed by atoms with E-state index < -0.39 is 28.5 Å². The van der Waals surface area contributed by atoms with Crippen LogP contribution in [0.25, 0.3) is 0 Å². The van der Waals surface area contributed by atoms with E-state index in [1.54, 1.807) is 11.9 Å². The molecule has 40 heavy (non-hydrogen) atoms. The van der Waals surface area contributed by atoms with Crippen LogP contribution in [0.5, 0.6) is 5.88 Å². The Morgan fingerprint density at radius 3 is 2.30 bits per heavy atom. The monoisotopic (exact) mass is 556 g/mol. The van der Waals surface area contributed by atoms with E-state index in [9.17, 15) is 24.3 Å². The van der Waals surface area contributed by atoms with Gasteiger partial charge < -0.3 is 20.5 Å². The first-order valence-electron chi connectivity index (χ1n) is 14.7. The second kappa shape index (κ2) is 9.74. The minimum absolute atomic E-state index is 0.130. The van der Waals surface area contributed by atoms with Crippen LogP contribution in [-0.4, -0.2) is 74.2 Å². The van der Waals surface area contributed by atoms with Crippen LogP contribution < -0.4 is 17.0 Å². The molecule has 3 aliphatic carbocycles. The summed E-state index contributed by atoms with van der Waals surface area (Å²) in [6.45, 7) is 2.10. The van der Waals surface area contributed by atoms with Crippen molar-refractivity contribution in [2.24, 2.45) is 23.0 Å². The molecule has 1 aromatic heterocycles. The molecule has 2 saturated heterocycles. The molecule has 218 valence electrons. The molecule has 3 heterocycles. The highest BCUT2D eigenvalue weighted by molar-refractivity contribution is 6.07. The van der Waals surface area contributed by atoms with E-state index in [0.29, 0.717) is 52.0 Å². The number of carbonyl (C=O) groups is 2. The predicted molar refractivity (Wildman–Crippen MR) is 145 cm³/mol. The average molecular weight is 557 g/mol. The zero-order valence-electron chi connectivity index (χ0n) is 23.2. The molecule has 12 nitrogen and oxygen atoms in total. The molecule has 6 rings (SSSR count). The number of amides is 3. The summed E-state index contributed by atoms with van der Waals surface area (Å²) in [5.41, 5.74) is 3.19. The number of hydrogen-bond donors (Lipinski definition) is 3. The van der Waals surface area contributed by atoms with E-state index in [-0.39, 0.29) is 40.8 Å². The van der Waals surface area contributed by atoms with Gasteiger partial charge in [0.25, 0.3) is 11.5 Å². The van der Waals surface area contributed by atoms with Gasteiger partial charge in [0.1, 0.15) is 16.9 Å². The molecule has 12 heteroatoms. The van der Waals surface area contributed by atoms with Crippen LogP contribution in [0.2, 0.25) is 0 Å². The van der Waals surface area contributed by atoms with Gasteiger partial charge in [-0.25, -0.2) is 9.59 Å². The van der Waals surface area contributed by atoms with Gasteiger partial charge in [0, 0.05) is 38.7 Å². The molecule has 3 amide bonds. The van der Waals surface area contributed by atoms with Crippen molar-refractivity contribution >= 4 is 17.8 Å². The summed E-state index contributed by atoms with van der Waals surface area (Å²) in [6.07, 6.45) is 8.66. The number of hydrogen-bond acceptors (Lipinski definition) is 7. The molecule has 3 saturated carbocycles. The molecular formula is C28H40N6O6. The fourth-order valence-electron chi connectivity index (χ4n) is 8.31. The van der Waals surface area contributed by atoms with Crippen LogP contribution in [0.3, 0.4) is 0 Å². The van der Waals surface area contributed by atoms with Crippen molar-refractivity contribution in [2.45, 2.75) is 88.8 Å². The van der Waals surface area contributed by atoms with Crippen molar-refractivity contribution in [2.75, 3.05) is 26.8 Å². The number of carbonyl (C=O) groups excluding carboxylic acids is 2. The first-order valence-corrected chi connectivity index (χ1v) is 14.7. The summed E-state index contributed by atoms with van der Waals surface area (Å²) >= 11 is 0. The highest BCUT2D eigenvalue weighted by Crippen LogP contribution is 2.62. The zero-order valence-corrected chi connectivity index (χ0v) is 23.2. The molecule has 0 unspecified atom stereocenters. The quantitative estimate of drug-likeness (QED) is 0.273. The normalized spacial score (nSPS) is 32.5. The smallest absolute Gasteiger partial charge is 0.334 e. The number of imide groups is 1. The van der Waals surface area contributed by atoms with Gasteiger partial charge in [-0.15, -0.1) is 0 Å². The molecule has 2 aliphatic heterocycles. The van der Waals surface area contributed by atoms with E-state index in [1.807, 2.05) is 0 Å². The summed E-state index contributed by atoms with van der Waals surface area (Å²) in [4.78, 5) is 56.3. The van der Waals surface area contributed by atoms with Crippen molar-refractivity contribution in [1.29, 1.82) is 5.41 Å². The zero-order chi connectivity index (χ0) is 28.4. The first-order chi connectivity index (χ1) is 19.1. The Labute approximate surface area is 232 Å². The maximum atomic E-state index is 13.6. The number of nitrogen functional groups attached to an aromatic ring is 1. The highest BCUT2D eigenvalue weighted by Gasteiger charge is 2.68. The van der Waals surface area contributed by atoms with E-state index in [2.05, 4.69) is 0 Å². The number of likely N-dealkylation sites (N-methyl/N-ethyl adjacent to an activating group) is 1. The number of ether oxygens (including phenoxy) is 1. The molecule has 0 radical (unpaired) electrons. The van der Waals surface area contributed by atoms with Gasteiger partial charge in [-0.1, -0.05) is 12.8 Å². The Morgan fingerprint density at radius 2 is 1.70 bits per heavy atom. The molecular weight excluding hydrogens is 516 g/mol.